The monoisotopic (exact) mass is 690 g/mol. The molecule has 0 aromatic heterocycles. The van der Waals surface area contributed by atoms with Crippen LogP contribution < -0.4 is 0 Å². The van der Waals surface area contributed by atoms with Crippen molar-refractivity contribution in [2.45, 2.75) is 290 Å². The predicted molar refractivity (Wildman–Crippen MR) is 227 cm³/mol. The van der Waals surface area contributed by atoms with E-state index in [2.05, 4.69) is 25.7 Å². The topological polar surface area (TPSA) is 3.24 Å². The van der Waals surface area contributed by atoms with E-state index in [9.17, 15) is 0 Å². The molecule has 1 nitrogen and oxygen atoms in total. The molecule has 0 saturated carbocycles. The number of rotatable bonds is 45. The molecule has 1 heteroatoms. The second-order valence-corrected chi connectivity index (χ2v) is 16.6. The van der Waals surface area contributed by atoms with Crippen LogP contribution in [-0.2, 0) is 0 Å². The number of nitrogens with zero attached hydrogens (tertiary/aromatic N) is 1. The van der Waals surface area contributed by atoms with Crippen LogP contribution in [0, 0.1) is 0 Å². The van der Waals surface area contributed by atoms with Crippen LogP contribution in [0.25, 0.3) is 0 Å². The zero-order valence-electron chi connectivity index (χ0n) is 35.3. The highest BCUT2D eigenvalue weighted by atomic mass is 15.1. The minimum absolute atomic E-state index is 1.37. The van der Waals surface area contributed by atoms with Crippen molar-refractivity contribution in [1.82, 2.24) is 4.90 Å². The van der Waals surface area contributed by atoms with Gasteiger partial charge in [-0.1, -0.05) is 271 Å². The van der Waals surface area contributed by atoms with Crippen molar-refractivity contribution >= 4 is 0 Å². The SMILES string of the molecule is CCCCCCCCCCCCCCCCCN(CCCCCCCCCCCCCC)CCCCCCCCCCCCCCCCC. The summed E-state index contributed by atoms with van der Waals surface area (Å²) in [5, 5.41) is 0. The number of unbranched alkanes of at least 4 members (excludes halogenated alkanes) is 39. The molecule has 0 heterocycles. The maximum atomic E-state index is 2.88. The Morgan fingerprint density at radius 3 is 0.429 bits per heavy atom. The standard InChI is InChI=1S/C48H99N/c1-4-7-10-13-16-19-22-25-27-29-32-35-38-41-44-47-49(46-43-40-37-34-31-24-21-18-15-12-9-6-3)48-45-42-39-36-33-30-28-26-23-20-17-14-11-8-5-2/h4-48H2,1-3H3. The molecule has 0 saturated heterocycles. The summed E-state index contributed by atoms with van der Waals surface area (Å²) in [5.41, 5.74) is 0. The third-order valence-corrected chi connectivity index (χ3v) is 11.5. The van der Waals surface area contributed by atoms with E-state index >= 15 is 0 Å². The summed E-state index contributed by atoms with van der Waals surface area (Å²) < 4.78 is 0. The second kappa shape index (κ2) is 46.0. The maximum Gasteiger partial charge on any atom is -0.00187 e. The van der Waals surface area contributed by atoms with E-state index in [0.29, 0.717) is 0 Å². The van der Waals surface area contributed by atoms with Gasteiger partial charge in [0, 0.05) is 0 Å². The zero-order chi connectivity index (χ0) is 35.4. The van der Waals surface area contributed by atoms with Gasteiger partial charge in [-0.05, 0) is 38.9 Å². The van der Waals surface area contributed by atoms with E-state index in [1.807, 2.05) is 0 Å². The van der Waals surface area contributed by atoms with Gasteiger partial charge in [0.15, 0.2) is 0 Å². The molecule has 0 radical (unpaired) electrons. The Bertz CT molecular complexity index is 509. The lowest BCUT2D eigenvalue weighted by Crippen LogP contribution is -2.27. The molecule has 0 N–H and O–H groups in total. The molecule has 0 unspecified atom stereocenters. The molecular formula is C48H99N. The molecule has 0 rings (SSSR count). The van der Waals surface area contributed by atoms with Crippen molar-refractivity contribution in [3.05, 3.63) is 0 Å². The summed E-state index contributed by atoms with van der Waals surface area (Å²) in [4.78, 5) is 2.88. The van der Waals surface area contributed by atoms with Gasteiger partial charge in [0.1, 0.15) is 0 Å². The number of hydrogen-bond donors (Lipinski definition) is 0. The highest BCUT2D eigenvalue weighted by molar-refractivity contribution is 4.61. The van der Waals surface area contributed by atoms with Crippen molar-refractivity contribution in [3.63, 3.8) is 0 Å². The Balaban J connectivity index is 3.91. The Labute approximate surface area is 314 Å². The van der Waals surface area contributed by atoms with Gasteiger partial charge in [-0.25, -0.2) is 0 Å². The first-order chi connectivity index (χ1) is 24.3. The summed E-state index contributed by atoms with van der Waals surface area (Å²) in [7, 11) is 0. The van der Waals surface area contributed by atoms with Crippen LogP contribution in [-0.4, -0.2) is 24.5 Å². The molecule has 0 fully saturated rings. The van der Waals surface area contributed by atoms with Crippen LogP contribution >= 0.6 is 0 Å². The van der Waals surface area contributed by atoms with Gasteiger partial charge in [0.25, 0.3) is 0 Å². The second-order valence-electron chi connectivity index (χ2n) is 16.6. The molecule has 296 valence electrons. The smallest absolute Gasteiger partial charge is 0.00187 e. The van der Waals surface area contributed by atoms with Crippen molar-refractivity contribution in [3.8, 4) is 0 Å². The van der Waals surface area contributed by atoms with E-state index in [-0.39, 0.29) is 0 Å². The highest BCUT2D eigenvalue weighted by Crippen LogP contribution is 2.17. The zero-order valence-corrected chi connectivity index (χ0v) is 35.3. The third kappa shape index (κ3) is 44.0. The quantitative estimate of drug-likeness (QED) is 0.0575. The lowest BCUT2D eigenvalue weighted by molar-refractivity contribution is 0.254. The van der Waals surface area contributed by atoms with Gasteiger partial charge in [-0.15, -0.1) is 0 Å². The predicted octanol–water partition coefficient (Wildman–Crippen LogP) is 17.7. The summed E-state index contributed by atoms with van der Waals surface area (Å²) in [6.07, 6.45) is 61.6. The van der Waals surface area contributed by atoms with E-state index in [0.717, 1.165) is 0 Å². The van der Waals surface area contributed by atoms with Crippen molar-refractivity contribution < 1.29 is 0 Å². The van der Waals surface area contributed by atoms with Crippen LogP contribution in [0.4, 0.5) is 0 Å². The van der Waals surface area contributed by atoms with Gasteiger partial charge in [-0.3, -0.25) is 0 Å². The first kappa shape index (κ1) is 49.0. The van der Waals surface area contributed by atoms with E-state index in [4.69, 9.17) is 0 Å². The summed E-state index contributed by atoms with van der Waals surface area (Å²) >= 11 is 0. The summed E-state index contributed by atoms with van der Waals surface area (Å²) in [6, 6.07) is 0. The minimum atomic E-state index is 1.37. The van der Waals surface area contributed by atoms with Gasteiger partial charge >= 0.3 is 0 Å². The molecule has 0 aliphatic rings. The largest absolute Gasteiger partial charge is 0.303 e. The molecule has 0 bridgehead atoms. The van der Waals surface area contributed by atoms with Crippen LogP contribution in [0.15, 0.2) is 0 Å². The summed E-state index contributed by atoms with van der Waals surface area (Å²) in [5.74, 6) is 0. The van der Waals surface area contributed by atoms with Crippen molar-refractivity contribution in [1.29, 1.82) is 0 Å². The van der Waals surface area contributed by atoms with Crippen molar-refractivity contribution in [2.75, 3.05) is 19.6 Å². The average molecular weight is 690 g/mol. The maximum absolute atomic E-state index is 2.88. The molecule has 0 spiro atoms. The number of hydrogen-bond acceptors (Lipinski definition) is 1. The van der Waals surface area contributed by atoms with Gasteiger partial charge in [-0.2, -0.15) is 0 Å². The molecule has 0 aliphatic heterocycles. The molecule has 49 heavy (non-hydrogen) atoms. The lowest BCUT2D eigenvalue weighted by Gasteiger charge is -2.22. The van der Waals surface area contributed by atoms with Crippen LogP contribution in [0.2, 0.25) is 0 Å². The fourth-order valence-electron chi connectivity index (χ4n) is 7.93. The van der Waals surface area contributed by atoms with Gasteiger partial charge in [0.2, 0.25) is 0 Å². The molecular weight excluding hydrogens is 591 g/mol. The Morgan fingerprint density at radius 1 is 0.163 bits per heavy atom. The molecule has 0 aliphatic carbocycles. The Kier molecular flexibility index (Phi) is 45.9. The normalized spacial score (nSPS) is 11.8. The van der Waals surface area contributed by atoms with Gasteiger partial charge < -0.3 is 4.90 Å². The van der Waals surface area contributed by atoms with E-state index in [1.165, 1.54) is 289 Å². The van der Waals surface area contributed by atoms with Crippen LogP contribution in [0.5, 0.6) is 0 Å². The Hall–Kier alpha value is -0.0400. The van der Waals surface area contributed by atoms with Crippen molar-refractivity contribution in [2.24, 2.45) is 0 Å². The first-order valence-electron chi connectivity index (χ1n) is 24.1. The van der Waals surface area contributed by atoms with E-state index < -0.39 is 0 Å². The first-order valence-corrected chi connectivity index (χ1v) is 24.1. The molecule has 0 amide bonds. The lowest BCUT2D eigenvalue weighted by atomic mass is 10.0. The van der Waals surface area contributed by atoms with Gasteiger partial charge in [0.05, 0.1) is 0 Å². The average Bonchev–Trinajstić information content (AvgIpc) is 3.11. The van der Waals surface area contributed by atoms with Crippen LogP contribution in [0.3, 0.4) is 0 Å². The fourth-order valence-corrected chi connectivity index (χ4v) is 7.93. The molecule has 0 atom stereocenters. The molecule has 0 aromatic rings. The Morgan fingerprint density at radius 2 is 0.286 bits per heavy atom. The fraction of sp³-hybridized carbons (Fsp3) is 1.00. The van der Waals surface area contributed by atoms with E-state index in [1.54, 1.807) is 0 Å². The third-order valence-electron chi connectivity index (χ3n) is 11.5. The molecule has 0 aromatic carbocycles. The summed E-state index contributed by atoms with van der Waals surface area (Å²) in [6.45, 7) is 11.1. The van der Waals surface area contributed by atoms with Crippen LogP contribution in [0.1, 0.15) is 290 Å². The highest BCUT2D eigenvalue weighted by Gasteiger charge is 2.05. The minimum Gasteiger partial charge on any atom is -0.303 e.